The van der Waals surface area contributed by atoms with Gasteiger partial charge in [0.2, 0.25) is 0 Å². The zero-order valence-corrected chi connectivity index (χ0v) is 10.7. The van der Waals surface area contributed by atoms with Crippen LogP contribution in [0.5, 0.6) is 0 Å². The molecule has 17 heavy (non-hydrogen) atoms. The molecule has 0 radical (unpaired) electrons. The van der Waals surface area contributed by atoms with Gasteiger partial charge in [-0.15, -0.1) is 0 Å². The quantitative estimate of drug-likeness (QED) is 0.842. The van der Waals surface area contributed by atoms with Crippen LogP contribution in [-0.2, 0) is 12.2 Å². The lowest BCUT2D eigenvalue weighted by Gasteiger charge is -1.96. The first-order valence-electron chi connectivity index (χ1n) is 4.95. The molecule has 1 N–H and O–H groups in total. The van der Waals surface area contributed by atoms with Gasteiger partial charge in [0.25, 0.3) is 0 Å². The van der Waals surface area contributed by atoms with E-state index in [1.165, 1.54) is 35.6 Å². The minimum Gasteiger partial charge on any atom is -0.478 e. The molecule has 0 bridgehead atoms. The number of hydrogen-bond acceptors (Lipinski definition) is 6. The number of nitrogens with zero attached hydrogens (tertiary/aromatic N) is 2. The fourth-order valence-corrected chi connectivity index (χ4v) is 2.86. The summed E-state index contributed by atoms with van der Waals surface area (Å²) in [5, 5.41) is 8.90. The van der Waals surface area contributed by atoms with Gasteiger partial charge < -0.3 is 9.52 Å². The standard InChI is InChI=1S/C10H10N2O3S2/c1-2-8-11-10(17-12-8)16-5-7-6(9(13)14)3-4-15-7/h3-4H,2,5H2,1H3,(H,13,14). The molecule has 0 saturated heterocycles. The highest BCUT2D eigenvalue weighted by Gasteiger charge is 2.14. The number of aromatic nitrogens is 2. The molecule has 0 amide bonds. The van der Waals surface area contributed by atoms with Gasteiger partial charge in [0.05, 0.1) is 12.0 Å². The third-order valence-corrected chi connectivity index (χ3v) is 3.94. The van der Waals surface area contributed by atoms with E-state index in [9.17, 15) is 4.79 Å². The van der Waals surface area contributed by atoms with Crippen molar-refractivity contribution in [2.24, 2.45) is 0 Å². The van der Waals surface area contributed by atoms with Crippen LogP contribution < -0.4 is 0 Å². The van der Waals surface area contributed by atoms with Crippen molar-refractivity contribution in [3.63, 3.8) is 0 Å². The number of aromatic carboxylic acids is 1. The summed E-state index contributed by atoms with van der Waals surface area (Å²) in [7, 11) is 0. The largest absolute Gasteiger partial charge is 0.478 e. The molecule has 0 aliphatic carbocycles. The molecule has 2 aromatic heterocycles. The Labute approximate surface area is 106 Å². The Morgan fingerprint density at radius 1 is 1.65 bits per heavy atom. The fraction of sp³-hybridized carbons (Fsp3) is 0.300. The van der Waals surface area contributed by atoms with E-state index in [-0.39, 0.29) is 5.56 Å². The molecular formula is C10H10N2O3S2. The predicted octanol–water partition coefficient (Wildman–Crippen LogP) is 2.68. The van der Waals surface area contributed by atoms with Gasteiger partial charge in [0.15, 0.2) is 4.34 Å². The first-order chi connectivity index (χ1) is 8.20. The Bertz CT molecular complexity index is 521. The predicted molar refractivity (Wildman–Crippen MR) is 64.5 cm³/mol. The Morgan fingerprint density at radius 2 is 2.47 bits per heavy atom. The van der Waals surface area contributed by atoms with Crippen LogP contribution >= 0.6 is 23.3 Å². The lowest BCUT2D eigenvalue weighted by Crippen LogP contribution is -1.97. The summed E-state index contributed by atoms with van der Waals surface area (Å²) in [6, 6.07) is 1.45. The van der Waals surface area contributed by atoms with Gasteiger partial charge in [-0.1, -0.05) is 18.7 Å². The van der Waals surface area contributed by atoms with Crippen LogP contribution in [-0.4, -0.2) is 20.4 Å². The van der Waals surface area contributed by atoms with Gasteiger partial charge in [-0.25, -0.2) is 9.78 Å². The molecule has 7 heteroatoms. The van der Waals surface area contributed by atoms with E-state index in [4.69, 9.17) is 9.52 Å². The Hall–Kier alpha value is -1.34. The number of furan rings is 1. The number of hydrogen-bond donors (Lipinski definition) is 1. The smallest absolute Gasteiger partial charge is 0.339 e. The summed E-state index contributed by atoms with van der Waals surface area (Å²) in [6.07, 6.45) is 2.19. The molecule has 0 saturated carbocycles. The maximum Gasteiger partial charge on any atom is 0.339 e. The van der Waals surface area contributed by atoms with Crippen LogP contribution in [0.15, 0.2) is 21.1 Å². The van der Waals surface area contributed by atoms with Gasteiger partial charge in [0.1, 0.15) is 17.1 Å². The van der Waals surface area contributed by atoms with Gasteiger partial charge in [-0.3, -0.25) is 0 Å². The Morgan fingerprint density at radius 3 is 3.12 bits per heavy atom. The monoisotopic (exact) mass is 270 g/mol. The number of rotatable bonds is 5. The van der Waals surface area contributed by atoms with E-state index in [1.54, 1.807) is 0 Å². The maximum absolute atomic E-state index is 10.9. The molecule has 0 aliphatic heterocycles. The second kappa shape index (κ2) is 5.33. The highest BCUT2D eigenvalue weighted by Crippen LogP contribution is 2.26. The van der Waals surface area contributed by atoms with Crippen LogP contribution in [0, 0.1) is 0 Å². The van der Waals surface area contributed by atoms with E-state index in [1.807, 2.05) is 6.92 Å². The van der Waals surface area contributed by atoms with E-state index in [0.717, 1.165) is 16.6 Å². The lowest BCUT2D eigenvalue weighted by atomic mass is 10.3. The first-order valence-corrected chi connectivity index (χ1v) is 6.71. The third-order valence-electron chi connectivity index (χ3n) is 2.07. The molecular weight excluding hydrogens is 260 g/mol. The van der Waals surface area contributed by atoms with Crippen molar-refractivity contribution in [2.75, 3.05) is 0 Å². The molecule has 2 aromatic rings. The third kappa shape index (κ3) is 2.86. The topological polar surface area (TPSA) is 76.2 Å². The summed E-state index contributed by atoms with van der Waals surface area (Å²) in [4.78, 5) is 15.1. The number of carboxylic acids is 1. The van der Waals surface area contributed by atoms with Gasteiger partial charge in [0, 0.05) is 6.42 Å². The number of carbonyl (C=O) groups is 1. The van der Waals surface area contributed by atoms with E-state index in [2.05, 4.69) is 9.36 Å². The molecule has 0 unspecified atom stereocenters. The first kappa shape index (κ1) is 12.1. The molecule has 5 nitrogen and oxygen atoms in total. The maximum atomic E-state index is 10.9. The summed E-state index contributed by atoms with van der Waals surface area (Å²) < 4.78 is 10.1. The van der Waals surface area contributed by atoms with Crippen molar-refractivity contribution in [2.45, 2.75) is 23.4 Å². The fourth-order valence-electron chi connectivity index (χ4n) is 1.21. The van der Waals surface area contributed by atoms with Gasteiger partial charge in [-0.05, 0) is 17.6 Å². The zero-order valence-electron chi connectivity index (χ0n) is 9.04. The average molecular weight is 270 g/mol. The van der Waals surface area contributed by atoms with Crippen molar-refractivity contribution in [1.29, 1.82) is 0 Å². The second-order valence-corrected chi connectivity index (χ2v) is 5.16. The van der Waals surface area contributed by atoms with Crippen LogP contribution in [0.4, 0.5) is 0 Å². The van der Waals surface area contributed by atoms with Crippen molar-refractivity contribution in [1.82, 2.24) is 9.36 Å². The van der Waals surface area contributed by atoms with Gasteiger partial charge in [-0.2, -0.15) is 4.37 Å². The van der Waals surface area contributed by atoms with Crippen LogP contribution in [0.25, 0.3) is 0 Å². The Balaban J connectivity index is 2.02. The molecule has 0 aromatic carbocycles. The molecule has 0 atom stereocenters. The van der Waals surface area contributed by atoms with Crippen molar-refractivity contribution >= 4 is 29.3 Å². The van der Waals surface area contributed by atoms with Crippen molar-refractivity contribution in [3.8, 4) is 0 Å². The van der Waals surface area contributed by atoms with E-state index < -0.39 is 5.97 Å². The van der Waals surface area contributed by atoms with Crippen LogP contribution in [0.2, 0.25) is 0 Å². The number of thioether (sulfide) groups is 1. The Kier molecular flexibility index (Phi) is 3.80. The summed E-state index contributed by atoms with van der Waals surface area (Å²) >= 11 is 2.76. The van der Waals surface area contributed by atoms with Crippen LogP contribution in [0.1, 0.15) is 28.9 Å². The summed E-state index contributed by atoms with van der Waals surface area (Å²) in [6.45, 7) is 1.99. The van der Waals surface area contributed by atoms with Crippen molar-refractivity contribution < 1.29 is 14.3 Å². The average Bonchev–Trinajstić information content (AvgIpc) is 2.95. The highest BCUT2D eigenvalue weighted by atomic mass is 32.2. The minimum absolute atomic E-state index is 0.206. The molecule has 90 valence electrons. The molecule has 2 heterocycles. The molecule has 0 fully saturated rings. The molecule has 2 rings (SSSR count). The van der Waals surface area contributed by atoms with Gasteiger partial charge >= 0.3 is 5.97 Å². The minimum atomic E-state index is -0.971. The normalized spacial score (nSPS) is 10.6. The lowest BCUT2D eigenvalue weighted by molar-refractivity contribution is 0.0695. The summed E-state index contributed by atoms with van der Waals surface area (Å²) in [5.74, 6) is 0.750. The highest BCUT2D eigenvalue weighted by molar-refractivity contribution is 8.00. The summed E-state index contributed by atoms with van der Waals surface area (Å²) in [5.41, 5.74) is 0.206. The molecule has 0 aliphatic rings. The molecule has 0 spiro atoms. The van der Waals surface area contributed by atoms with E-state index in [0.29, 0.717) is 11.5 Å². The SMILES string of the molecule is CCc1nsc(SCc2occc2C(=O)O)n1. The van der Waals surface area contributed by atoms with E-state index >= 15 is 0 Å². The number of carboxylic acid groups (broad SMARTS) is 1. The number of aryl methyl sites for hydroxylation is 1. The second-order valence-electron chi connectivity index (χ2n) is 3.18. The van der Waals surface area contributed by atoms with Crippen LogP contribution in [0.3, 0.4) is 0 Å². The van der Waals surface area contributed by atoms with Crippen molar-refractivity contribution in [3.05, 3.63) is 29.5 Å². The zero-order chi connectivity index (χ0) is 12.3.